The van der Waals surface area contributed by atoms with E-state index in [9.17, 15) is 9.90 Å². The SMILES string of the molecule is CCNC(=O)CCNC(CC)c1ccc(O)cc1. The highest BCUT2D eigenvalue weighted by atomic mass is 16.3. The summed E-state index contributed by atoms with van der Waals surface area (Å²) < 4.78 is 0. The molecule has 1 aromatic rings. The van der Waals surface area contributed by atoms with E-state index in [1.165, 1.54) is 0 Å². The molecule has 0 bridgehead atoms. The number of phenols is 1. The van der Waals surface area contributed by atoms with Crippen molar-refractivity contribution >= 4 is 5.91 Å². The van der Waals surface area contributed by atoms with Gasteiger partial charge in [-0.25, -0.2) is 0 Å². The molecule has 100 valence electrons. The lowest BCUT2D eigenvalue weighted by molar-refractivity contribution is -0.120. The smallest absolute Gasteiger partial charge is 0.221 e. The van der Waals surface area contributed by atoms with Gasteiger partial charge in [0.2, 0.25) is 5.91 Å². The zero-order chi connectivity index (χ0) is 13.4. The monoisotopic (exact) mass is 250 g/mol. The maximum atomic E-state index is 11.3. The van der Waals surface area contributed by atoms with Gasteiger partial charge in [0, 0.05) is 25.6 Å². The first kappa shape index (κ1) is 14.5. The molecule has 1 amide bonds. The van der Waals surface area contributed by atoms with Crippen LogP contribution in [0.4, 0.5) is 0 Å². The van der Waals surface area contributed by atoms with Crippen molar-refractivity contribution in [1.29, 1.82) is 0 Å². The summed E-state index contributed by atoms with van der Waals surface area (Å²) >= 11 is 0. The van der Waals surface area contributed by atoms with Crippen molar-refractivity contribution in [3.05, 3.63) is 29.8 Å². The molecule has 0 aliphatic rings. The molecule has 0 heterocycles. The van der Waals surface area contributed by atoms with Gasteiger partial charge in [-0.3, -0.25) is 4.79 Å². The molecule has 18 heavy (non-hydrogen) atoms. The van der Waals surface area contributed by atoms with Crippen molar-refractivity contribution in [1.82, 2.24) is 10.6 Å². The van der Waals surface area contributed by atoms with Crippen molar-refractivity contribution in [3.8, 4) is 5.75 Å². The fourth-order valence-electron chi connectivity index (χ4n) is 1.85. The Morgan fingerprint density at radius 3 is 2.50 bits per heavy atom. The van der Waals surface area contributed by atoms with Crippen LogP contribution in [0.25, 0.3) is 0 Å². The summed E-state index contributed by atoms with van der Waals surface area (Å²) in [6.07, 6.45) is 1.43. The number of amides is 1. The van der Waals surface area contributed by atoms with Crippen LogP contribution in [0.3, 0.4) is 0 Å². The minimum atomic E-state index is 0.0746. The molecule has 1 rings (SSSR count). The number of aromatic hydroxyl groups is 1. The molecule has 0 saturated heterocycles. The molecule has 0 saturated carbocycles. The van der Waals surface area contributed by atoms with Gasteiger partial charge in [0.1, 0.15) is 5.75 Å². The Balaban J connectivity index is 2.42. The molecule has 0 fully saturated rings. The zero-order valence-electron chi connectivity index (χ0n) is 11.1. The molecule has 0 aliphatic carbocycles. The lowest BCUT2D eigenvalue weighted by Crippen LogP contribution is -2.29. The summed E-state index contributed by atoms with van der Waals surface area (Å²) in [6, 6.07) is 7.40. The molecule has 0 radical (unpaired) electrons. The molecule has 4 nitrogen and oxygen atoms in total. The molecule has 4 heteroatoms. The van der Waals surface area contributed by atoms with E-state index in [0.717, 1.165) is 12.0 Å². The van der Waals surface area contributed by atoms with Gasteiger partial charge in [0.25, 0.3) is 0 Å². The minimum Gasteiger partial charge on any atom is -0.508 e. The van der Waals surface area contributed by atoms with E-state index < -0.39 is 0 Å². The van der Waals surface area contributed by atoms with Gasteiger partial charge in [-0.1, -0.05) is 19.1 Å². The van der Waals surface area contributed by atoms with Gasteiger partial charge in [-0.2, -0.15) is 0 Å². The van der Waals surface area contributed by atoms with E-state index in [0.29, 0.717) is 19.5 Å². The second-order valence-electron chi connectivity index (χ2n) is 4.21. The van der Waals surface area contributed by atoms with Crippen molar-refractivity contribution in [3.63, 3.8) is 0 Å². The predicted molar refractivity (Wildman–Crippen MR) is 72.4 cm³/mol. The Labute approximate surface area is 108 Å². The van der Waals surface area contributed by atoms with Gasteiger partial charge in [-0.05, 0) is 31.0 Å². The third-order valence-electron chi connectivity index (χ3n) is 2.82. The topological polar surface area (TPSA) is 61.4 Å². The summed E-state index contributed by atoms with van der Waals surface area (Å²) in [4.78, 5) is 11.3. The van der Waals surface area contributed by atoms with Crippen LogP contribution in [0.15, 0.2) is 24.3 Å². The van der Waals surface area contributed by atoms with Crippen LogP contribution in [0, 0.1) is 0 Å². The molecule has 1 aromatic carbocycles. The summed E-state index contributed by atoms with van der Waals surface area (Å²) in [7, 11) is 0. The number of nitrogens with one attached hydrogen (secondary N) is 2. The van der Waals surface area contributed by atoms with Crippen LogP contribution in [-0.4, -0.2) is 24.1 Å². The van der Waals surface area contributed by atoms with Crippen LogP contribution in [-0.2, 0) is 4.79 Å². The number of hydrogen-bond donors (Lipinski definition) is 3. The van der Waals surface area contributed by atoms with Crippen LogP contribution < -0.4 is 10.6 Å². The zero-order valence-corrected chi connectivity index (χ0v) is 11.1. The Morgan fingerprint density at radius 2 is 1.94 bits per heavy atom. The Bertz CT molecular complexity index is 363. The third-order valence-corrected chi connectivity index (χ3v) is 2.82. The molecule has 0 aliphatic heterocycles. The van der Waals surface area contributed by atoms with E-state index in [2.05, 4.69) is 17.6 Å². The van der Waals surface area contributed by atoms with Crippen molar-refractivity contribution < 1.29 is 9.90 Å². The molecule has 1 atom stereocenters. The lowest BCUT2D eigenvalue weighted by atomic mass is 10.0. The minimum absolute atomic E-state index is 0.0746. The van der Waals surface area contributed by atoms with E-state index in [1.54, 1.807) is 12.1 Å². The Kier molecular flexibility index (Phi) is 6.22. The van der Waals surface area contributed by atoms with Gasteiger partial charge in [0.15, 0.2) is 0 Å². The van der Waals surface area contributed by atoms with Gasteiger partial charge < -0.3 is 15.7 Å². The van der Waals surface area contributed by atoms with E-state index >= 15 is 0 Å². The summed E-state index contributed by atoms with van der Waals surface area (Å²) in [6.45, 7) is 5.34. The third kappa shape index (κ3) is 4.75. The second-order valence-corrected chi connectivity index (χ2v) is 4.21. The fraction of sp³-hybridized carbons (Fsp3) is 0.500. The van der Waals surface area contributed by atoms with Crippen molar-refractivity contribution in [2.45, 2.75) is 32.7 Å². The van der Waals surface area contributed by atoms with Crippen molar-refractivity contribution in [2.75, 3.05) is 13.1 Å². The number of phenolic OH excluding ortho intramolecular Hbond substituents is 1. The summed E-state index contributed by atoms with van der Waals surface area (Å²) in [5.41, 5.74) is 1.13. The number of carbonyl (C=O) groups is 1. The first-order valence-electron chi connectivity index (χ1n) is 6.46. The molecular weight excluding hydrogens is 228 g/mol. The molecule has 0 spiro atoms. The summed E-state index contributed by atoms with van der Waals surface area (Å²) in [5, 5.41) is 15.4. The quantitative estimate of drug-likeness (QED) is 0.693. The second kappa shape index (κ2) is 7.71. The van der Waals surface area contributed by atoms with Gasteiger partial charge >= 0.3 is 0 Å². The standard InChI is InChI=1S/C14H22N2O2/c1-3-13(11-5-7-12(17)8-6-11)16-10-9-14(18)15-4-2/h5-8,13,16-17H,3-4,9-10H2,1-2H3,(H,15,18). The normalized spacial score (nSPS) is 12.1. The Morgan fingerprint density at radius 1 is 1.28 bits per heavy atom. The number of carbonyl (C=O) groups excluding carboxylic acids is 1. The van der Waals surface area contributed by atoms with Crippen LogP contribution in [0.1, 0.15) is 38.3 Å². The highest BCUT2D eigenvalue weighted by Crippen LogP contribution is 2.19. The number of hydrogen-bond acceptors (Lipinski definition) is 3. The molecule has 1 unspecified atom stereocenters. The van der Waals surface area contributed by atoms with Crippen LogP contribution >= 0.6 is 0 Å². The average Bonchev–Trinajstić information content (AvgIpc) is 2.36. The lowest BCUT2D eigenvalue weighted by Gasteiger charge is -2.17. The van der Waals surface area contributed by atoms with E-state index in [4.69, 9.17) is 0 Å². The average molecular weight is 250 g/mol. The van der Waals surface area contributed by atoms with Gasteiger partial charge in [-0.15, -0.1) is 0 Å². The highest BCUT2D eigenvalue weighted by Gasteiger charge is 2.09. The van der Waals surface area contributed by atoms with Crippen molar-refractivity contribution in [2.24, 2.45) is 0 Å². The van der Waals surface area contributed by atoms with Crippen LogP contribution in [0.2, 0.25) is 0 Å². The molecule has 3 N–H and O–H groups in total. The first-order valence-corrected chi connectivity index (χ1v) is 6.46. The molecular formula is C14H22N2O2. The number of benzene rings is 1. The number of rotatable bonds is 7. The fourth-order valence-corrected chi connectivity index (χ4v) is 1.85. The summed E-state index contributed by atoms with van der Waals surface area (Å²) in [5.74, 6) is 0.349. The van der Waals surface area contributed by atoms with E-state index in [-0.39, 0.29) is 17.7 Å². The highest BCUT2D eigenvalue weighted by molar-refractivity contribution is 5.75. The maximum absolute atomic E-state index is 11.3. The van der Waals surface area contributed by atoms with Crippen LogP contribution in [0.5, 0.6) is 5.75 Å². The maximum Gasteiger partial charge on any atom is 0.221 e. The Hall–Kier alpha value is -1.55. The first-order chi connectivity index (χ1) is 8.67. The van der Waals surface area contributed by atoms with Gasteiger partial charge in [0.05, 0.1) is 0 Å². The largest absolute Gasteiger partial charge is 0.508 e. The predicted octanol–water partition coefficient (Wildman–Crippen LogP) is 1.96. The van der Waals surface area contributed by atoms with E-state index in [1.807, 2.05) is 19.1 Å². The molecule has 0 aromatic heterocycles.